The van der Waals surface area contributed by atoms with Crippen LogP contribution in [0.25, 0.3) is 0 Å². The summed E-state index contributed by atoms with van der Waals surface area (Å²) in [5, 5.41) is 2.90. The third kappa shape index (κ3) is 5.11. The number of benzene rings is 3. The number of rotatable bonds is 7. The average Bonchev–Trinajstić information content (AvgIpc) is 2.72. The van der Waals surface area contributed by atoms with Crippen LogP contribution in [0.1, 0.15) is 21.5 Å². The highest BCUT2D eigenvalue weighted by Gasteiger charge is 2.19. The third-order valence-corrected chi connectivity index (χ3v) is 6.10. The van der Waals surface area contributed by atoms with E-state index in [-0.39, 0.29) is 22.0 Å². The van der Waals surface area contributed by atoms with Gasteiger partial charge in [-0.15, -0.1) is 0 Å². The van der Waals surface area contributed by atoms with E-state index < -0.39 is 15.9 Å². The van der Waals surface area contributed by atoms with Crippen molar-refractivity contribution in [3.8, 4) is 5.75 Å². The molecule has 1 amide bonds. The zero-order chi connectivity index (χ0) is 21.7. The molecule has 0 heterocycles. The fourth-order valence-corrected chi connectivity index (χ4v) is 4.17. The van der Waals surface area contributed by atoms with Gasteiger partial charge in [-0.3, -0.25) is 9.52 Å². The molecule has 0 saturated heterocycles. The molecule has 0 saturated carbocycles. The van der Waals surface area contributed by atoms with Gasteiger partial charge in [-0.2, -0.15) is 0 Å². The highest BCUT2D eigenvalue weighted by Crippen LogP contribution is 2.23. The van der Waals surface area contributed by atoms with Gasteiger partial charge in [0.15, 0.2) is 0 Å². The molecule has 0 bridgehead atoms. The van der Waals surface area contributed by atoms with Crippen LogP contribution < -0.4 is 14.8 Å². The topological polar surface area (TPSA) is 84.5 Å². The van der Waals surface area contributed by atoms with Gasteiger partial charge in [-0.1, -0.05) is 41.9 Å². The fraction of sp³-hybridized carbons (Fsp3) is 0.136. The highest BCUT2D eigenvalue weighted by atomic mass is 35.5. The lowest BCUT2D eigenvalue weighted by molar-refractivity contribution is 0.0950. The Labute approximate surface area is 180 Å². The van der Waals surface area contributed by atoms with Crippen molar-refractivity contribution in [2.75, 3.05) is 11.8 Å². The molecule has 0 unspecified atom stereocenters. The molecule has 8 heteroatoms. The minimum Gasteiger partial charge on any atom is -0.496 e. The zero-order valence-electron chi connectivity index (χ0n) is 16.5. The number of halogens is 1. The van der Waals surface area contributed by atoms with E-state index in [1.54, 1.807) is 31.4 Å². The van der Waals surface area contributed by atoms with Crippen molar-refractivity contribution in [1.82, 2.24) is 5.32 Å². The Morgan fingerprint density at radius 2 is 1.80 bits per heavy atom. The number of ether oxygens (including phenoxy) is 1. The van der Waals surface area contributed by atoms with E-state index in [0.29, 0.717) is 11.4 Å². The van der Waals surface area contributed by atoms with Crippen LogP contribution >= 0.6 is 11.6 Å². The SMILES string of the molecule is COc1ccccc1CNC(=O)c1cc(S(=O)(=O)Nc2cccc(C)c2)ccc1Cl. The number of hydrogen-bond acceptors (Lipinski definition) is 4. The Morgan fingerprint density at radius 3 is 2.53 bits per heavy atom. The van der Waals surface area contributed by atoms with Gasteiger partial charge in [0.2, 0.25) is 0 Å². The first-order valence-corrected chi connectivity index (χ1v) is 11.0. The number of carbonyl (C=O) groups is 1. The van der Waals surface area contributed by atoms with Gasteiger partial charge in [0.05, 0.1) is 22.6 Å². The van der Waals surface area contributed by atoms with Gasteiger partial charge in [0, 0.05) is 17.8 Å². The summed E-state index contributed by atoms with van der Waals surface area (Å²) in [5.74, 6) is 0.154. The summed E-state index contributed by atoms with van der Waals surface area (Å²) in [6.07, 6.45) is 0. The number of sulfonamides is 1. The monoisotopic (exact) mass is 444 g/mol. The predicted octanol–water partition coefficient (Wildman–Crippen LogP) is 4.39. The molecular weight excluding hydrogens is 424 g/mol. The largest absolute Gasteiger partial charge is 0.496 e. The molecule has 0 aromatic heterocycles. The van der Waals surface area contributed by atoms with Crippen molar-refractivity contribution in [3.05, 3.63) is 88.4 Å². The minimum absolute atomic E-state index is 0.0594. The number of anilines is 1. The van der Waals surface area contributed by atoms with E-state index in [0.717, 1.165) is 11.1 Å². The molecule has 3 rings (SSSR count). The molecule has 2 N–H and O–H groups in total. The van der Waals surface area contributed by atoms with Crippen molar-refractivity contribution >= 4 is 33.2 Å². The molecule has 0 atom stereocenters. The zero-order valence-corrected chi connectivity index (χ0v) is 18.0. The third-order valence-electron chi connectivity index (χ3n) is 4.39. The first-order valence-electron chi connectivity index (χ1n) is 9.09. The highest BCUT2D eigenvalue weighted by molar-refractivity contribution is 7.92. The van der Waals surface area contributed by atoms with Gasteiger partial charge in [-0.25, -0.2) is 8.42 Å². The number of hydrogen-bond donors (Lipinski definition) is 2. The van der Waals surface area contributed by atoms with Crippen LogP contribution in [0.15, 0.2) is 71.6 Å². The Morgan fingerprint density at radius 1 is 1.03 bits per heavy atom. The molecule has 30 heavy (non-hydrogen) atoms. The number of carbonyl (C=O) groups excluding carboxylic acids is 1. The summed E-state index contributed by atoms with van der Waals surface area (Å²) in [5.41, 5.74) is 2.21. The first-order chi connectivity index (χ1) is 14.3. The minimum atomic E-state index is -3.89. The summed E-state index contributed by atoms with van der Waals surface area (Å²) in [4.78, 5) is 12.6. The van der Waals surface area contributed by atoms with Crippen LogP contribution in [0.5, 0.6) is 5.75 Å². The van der Waals surface area contributed by atoms with Crippen molar-refractivity contribution in [2.24, 2.45) is 0 Å². The molecule has 0 aliphatic rings. The summed E-state index contributed by atoms with van der Waals surface area (Å²) in [7, 11) is -2.34. The molecule has 156 valence electrons. The smallest absolute Gasteiger partial charge is 0.261 e. The van der Waals surface area contributed by atoms with Gasteiger partial charge >= 0.3 is 0 Å². The lowest BCUT2D eigenvalue weighted by Gasteiger charge is -2.12. The summed E-state index contributed by atoms with van der Waals surface area (Å²) in [6.45, 7) is 2.07. The van der Waals surface area contributed by atoms with E-state index in [1.807, 2.05) is 31.2 Å². The first kappa shape index (κ1) is 21.7. The molecule has 0 spiro atoms. The van der Waals surface area contributed by atoms with Crippen molar-refractivity contribution in [1.29, 1.82) is 0 Å². The quantitative estimate of drug-likeness (QED) is 0.566. The fourth-order valence-electron chi connectivity index (χ4n) is 2.89. The molecule has 0 fully saturated rings. The van der Waals surface area contributed by atoms with Crippen LogP contribution in [0.2, 0.25) is 5.02 Å². The van der Waals surface area contributed by atoms with Crippen LogP contribution in [0.3, 0.4) is 0 Å². The van der Waals surface area contributed by atoms with Crippen LogP contribution in [0.4, 0.5) is 5.69 Å². The molecular formula is C22H21ClN2O4S. The normalized spacial score (nSPS) is 11.0. The molecule has 0 aliphatic heterocycles. The number of aryl methyl sites for hydroxylation is 1. The van der Waals surface area contributed by atoms with Crippen molar-refractivity contribution in [3.63, 3.8) is 0 Å². The predicted molar refractivity (Wildman–Crippen MR) is 118 cm³/mol. The van der Waals surface area contributed by atoms with E-state index in [9.17, 15) is 13.2 Å². The molecule has 3 aromatic carbocycles. The summed E-state index contributed by atoms with van der Waals surface area (Å²) < 4.78 is 33.3. The Bertz CT molecular complexity index is 1180. The number of para-hydroxylation sites is 1. The average molecular weight is 445 g/mol. The number of methoxy groups -OCH3 is 1. The lowest BCUT2D eigenvalue weighted by atomic mass is 10.1. The number of nitrogens with one attached hydrogen (secondary N) is 2. The van der Waals surface area contributed by atoms with E-state index in [1.165, 1.54) is 18.2 Å². The van der Waals surface area contributed by atoms with Gasteiger partial charge in [-0.05, 0) is 48.9 Å². The Hall–Kier alpha value is -3.03. The lowest BCUT2D eigenvalue weighted by Crippen LogP contribution is -2.24. The van der Waals surface area contributed by atoms with Gasteiger partial charge in [0.25, 0.3) is 15.9 Å². The second-order valence-electron chi connectivity index (χ2n) is 6.61. The van der Waals surface area contributed by atoms with Crippen molar-refractivity contribution in [2.45, 2.75) is 18.4 Å². The molecule has 3 aromatic rings. The Balaban J connectivity index is 1.81. The summed E-state index contributed by atoms with van der Waals surface area (Å²) in [6, 6.07) is 18.3. The molecule has 6 nitrogen and oxygen atoms in total. The number of amides is 1. The Kier molecular flexibility index (Phi) is 6.64. The van der Waals surface area contributed by atoms with Crippen LogP contribution in [-0.4, -0.2) is 21.4 Å². The maximum atomic E-state index is 12.8. The second-order valence-corrected chi connectivity index (χ2v) is 8.70. The second kappa shape index (κ2) is 9.19. The summed E-state index contributed by atoms with van der Waals surface area (Å²) >= 11 is 6.16. The van der Waals surface area contributed by atoms with Gasteiger partial charge in [0.1, 0.15) is 5.75 Å². The standard InChI is InChI=1S/C22H21ClN2O4S/c1-15-6-5-8-17(12-15)25-30(27,28)18-10-11-20(23)19(13-18)22(26)24-14-16-7-3-4-9-21(16)29-2/h3-13,25H,14H2,1-2H3,(H,24,26). The maximum Gasteiger partial charge on any atom is 0.261 e. The van der Waals surface area contributed by atoms with Crippen LogP contribution in [-0.2, 0) is 16.6 Å². The molecule has 0 radical (unpaired) electrons. The van der Waals surface area contributed by atoms with E-state index in [2.05, 4.69) is 10.0 Å². The maximum absolute atomic E-state index is 12.8. The van der Waals surface area contributed by atoms with Crippen molar-refractivity contribution < 1.29 is 17.9 Å². The molecule has 0 aliphatic carbocycles. The van der Waals surface area contributed by atoms with E-state index in [4.69, 9.17) is 16.3 Å². The van der Waals surface area contributed by atoms with Crippen LogP contribution in [0, 0.1) is 6.92 Å². The van der Waals surface area contributed by atoms with Gasteiger partial charge < -0.3 is 10.1 Å². The van der Waals surface area contributed by atoms with E-state index >= 15 is 0 Å².